The molecule has 0 spiro atoms. The summed E-state index contributed by atoms with van der Waals surface area (Å²) in [6.45, 7) is 1.86. The second-order valence-electron chi connectivity index (χ2n) is 3.32. The van der Waals surface area contributed by atoms with Crippen LogP contribution in [0, 0.1) is 6.92 Å². The van der Waals surface area contributed by atoms with Crippen LogP contribution < -0.4 is 5.32 Å². The van der Waals surface area contributed by atoms with Crippen molar-refractivity contribution in [1.82, 2.24) is 4.98 Å². The van der Waals surface area contributed by atoms with Crippen LogP contribution in [-0.4, -0.2) is 10.9 Å². The number of amides is 1. The van der Waals surface area contributed by atoms with Crippen LogP contribution in [0.15, 0.2) is 28.1 Å². The lowest BCUT2D eigenvalue weighted by molar-refractivity contribution is 0.103. The van der Waals surface area contributed by atoms with Gasteiger partial charge in [0.2, 0.25) is 0 Å². The molecule has 2 heterocycles. The highest BCUT2D eigenvalue weighted by molar-refractivity contribution is 9.10. The van der Waals surface area contributed by atoms with Crippen LogP contribution in [0.3, 0.4) is 0 Å². The number of pyridine rings is 1. The van der Waals surface area contributed by atoms with Crippen molar-refractivity contribution in [2.75, 3.05) is 5.32 Å². The molecule has 0 saturated heterocycles. The van der Waals surface area contributed by atoms with E-state index in [2.05, 4.69) is 26.2 Å². The van der Waals surface area contributed by atoms with E-state index in [4.69, 9.17) is 11.6 Å². The molecular formula is C11H8BrClN2OS. The van der Waals surface area contributed by atoms with Crippen molar-refractivity contribution in [3.63, 3.8) is 0 Å². The van der Waals surface area contributed by atoms with Crippen LogP contribution >= 0.6 is 38.9 Å². The summed E-state index contributed by atoms with van der Waals surface area (Å²) in [4.78, 5) is 16.6. The zero-order valence-corrected chi connectivity index (χ0v) is 12.0. The van der Waals surface area contributed by atoms with E-state index in [0.29, 0.717) is 15.7 Å². The van der Waals surface area contributed by atoms with Crippen LogP contribution in [0.2, 0.25) is 5.02 Å². The van der Waals surface area contributed by atoms with Crippen molar-refractivity contribution in [3.05, 3.63) is 43.6 Å². The molecule has 1 N–H and O–H groups in total. The zero-order chi connectivity index (χ0) is 12.4. The molecule has 0 bridgehead atoms. The third kappa shape index (κ3) is 2.86. The lowest BCUT2D eigenvalue weighted by atomic mass is 10.3. The molecule has 3 nitrogen and oxygen atoms in total. The number of nitrogens with zero attached hydrogens (tertiary/aromatic N) is 1. The molecule has 0 fully saturated rings. The molecule has 88 valence electrons. The second kappa shape index (κ2) is 5.16. The highest BCUT2D eigenvalue weighted by atomic mass is 79.9. The van der Waals surface area contributed by atoms with Gasteiger partial charge in [0, 0.05) is 4.47 Å². The van der Waals surface area contributed by atoms with Gasteiger partial charge < -0.3 is 5.32 Å². The topological polar surface area (TPSA) is 42.0 Å². The molecule has 0 aliphatic heterocycles. The van der Waals surface area contributed by atoms with Crippen LogP contribution in [0.1, 0.15) is 15.4 Å². The standard InChI is InChI=1S/C11H8BrClN2OS/c1-6-7(12)2-3-9(14-6)15-11(16)10-8(13)4-5-17-10/h2-5H,1H3,(H,14,15,16). The van der Waals surface area contributed by atoms with Gasteiger partial charge in [-0.05, 0) is 46.4 Å². The number of aromatic nitrogens is 1. The largest absolute Gasteiger partial charge is 0.306 e. The zero-order valence-electron chi connectivity index (χ0n) is 8.83. The number of halogens is 2. The van der Waals surface area contributed by atoms with Gasteiger partial charge in [0.1, 0.15) is 10.7 Å². The molecule has 0 aliphatic rings. The molecule has 0 saturated carbocycles. The number of rotatable bonds is 2. The summed E-state index contributed by atoms with van der Waals surface area (Å²) in [5.41, 5.74) is 0.820. The first-order valence-electron chi connectivity index (χ1n) is 4.75. The summed E-state index contributed by atoms with van der Waals surface area (Å²) in [5, 5.41) is 4.94. The van der Waals surface area contributed by atoms with Crippen molar-refractivity contribution >= 4 is 50.6 Å². The van der Waals surface area contributed by atoms with E-state index in [1.165, 1.54) is 11.3 Å². The Morgan fingerprint density at radius 2 is 2.24 bits per heavy atom. The average molecular weight is 332 g/mol. The highest BCUT2D eigenvalue weighted by Gasteiger charge is 2.12. The fraction of sp³-hybridized carbons (Fsp3) is 0.0909. The first kappa shape index (κ1) is 12.5. The predicted molar refractivity (Wildman–Crippen MR) is 74.0 cm³/mol. The average Bonchev–Trinajstić information content (AvgIpc) is 2.70. The fourth-order valence-electron chi connectivity index (χ4n) is 1.24. The highest BCUT2D eigenvalue weighted by Crippen LogP contribution is 2.23. The minimum absolute atomic E-state index is 0.237. The molecular weight excluding hydrogens is 324 g/mol. The van der Waals surface area contributed by atoms with E-state index in [0.717, 1.165) is 10.2 Å². The number of aryl methyl sites for hydroxylation is 1. The summed E-state index contributed by atoms with van der Waals surface area (Å²) in [5.74, 6) is 0.277. The molecule has 2 aromatic rings. The van der Waals surface area contributed by atoms with Crippen molar-refractivity contribution in [3.8, 4) is 0 Å². The van der Waals surface area contributed by atoms with Crippen LogP contribution in [0.25, 0.3) is 0 Å². The number of hydrogen-bond donors (Lipinski definition) is 1. The summed E-state index contributed by atoms with van der Waals surface area (Å²) in [7, 11) is 0. The number of hydrogen-bond acceptors (Lipinski definition) is 3. The quantitative estimate of drug-likeness (QED) is 0.899. The number of carbonyl (C=O) groups is 1. The molecule has 2 aromatic heterocycles. The molecule has 2 rings (SSSR count). The van der Waals surface area contributed by atoms with Crippen LogP contribution in [-0.2, 0) is 0 Å². The molecule has 0 aromatic carbocycles. The number of carbonyl (C=O) groups excluding carboxylic acids is 1. The van der Waals surface area contributed by atoms with Crippen LogP contribution in [0.4, 0.5) is 5.82 Å². The maximum atomic E-state index is 11.9. The smallest absolute Gasteiger partial charge is 0.268 e. The monoisotopic (exact) mass is 330 g/mol. The normalized spacial score (nSPS) is 10.3. The summed E-state index contributed by atoms with van der Waals surface area (Å²) >= 11 is 10.5. The second-order valence-corrected chi connectivity index (χ2v) is 5.49. The van der Waals surface area contributed by atoms with Crippen LogP contribution in [0.5, 0.6) is 0 Å². The Balaban J connectivity index is 2.19. The van der Waals surface area contributed by atoms with Crippen molar-refractivity contribution in [2.45, 2.75) is 6.92 Å². The van der Waals surface area contributed by atoms with E-state index in [9.17, 15) is 4.79 Å². The molecule has 0 atom stereocenters. The number of thiophene rings is 1. The molecule has 6 heteroatoms. The van der Waals surface area contributed by atoms with E-state index in [1.54, 1.807) is 17.5 Å². The minimum atomic E-state index is -0.237. The molecule has 0 aliphatic carbocycles. The van der Waals surface area contributed by atoms with Gasteiger partial charge in [0.05, 0.1) is 10.7 Å². The number of anilines is 1. The third-order valence-corrected chi connectivity index (χ3v) is 4.26. The molecule has 0 radical (unpaired) electrons. The Kier molecular flexibility index (Phi) is 3.81. The first-order chi connectivity index (χ1) is 8.08. The van der Waals surface area contributed by atoms with E-state index in [-0.39, 0.29) is 5.91 Å². The molecule has 17 heavy (non-hydrogen) atoms. The van der Waals surface area contributed by atoms with Crippen molar-refractivity contribution in [1.29, 1.82) is 0 Å². The van der Waals surface area contributed by atoms with Gasteiger partial charge in [-0.15, -0.1) is 11.3 Å². The number of nitrogens with one attached hydrogen (secondary N) is 1. The molecule has 1 amide bonds. The van der Waals surface area contributed by atoms with Gasteiger partial charge >= 0.3 is 0 Å². The lowest BCUT2D eigenvalue weighted by Gasteiger charge is -2.05. The maximum Gasteiger partial charge on any atom is 0.268 e. The van der Waals surface area contributed by atoms with Crippen molar-refractivity contribution in [2.24, 2.45) is 0 Å². The first-order valence-corrected chi connectivity index (χ1v) is 6.80. The Hall–Kier alpha value is -0.910. The van der Waals surface area contributed by atoms with Gasteiger partial charge in [0.15, 0.2) is 0 Å². The van der Waals surface area contributed by atoms with Gasteiger partial charge in [-0.25, -0.2) is 4.98 Å². The maximum absolute atomic E-state index is 11.9. The fourth-order valence-corrected chi connectivity index (χ4v) is 2.50. The SMILES string of the molecule is Cc1nc(NC(=O)c2sccc2Cl)ccc1Br. The van der Waals surface area contributed by atoms with E-state index in [1.807, 2.05) is 13.0 Å². The minimum Gasteiger partial charge on any atom is -0.306 e. The Morgan fingerprint density at radius 3 is 2.82 bits per heavy atom. The van der Waals surface area contributed by atoms with E-state index < -0.39 is 0 Å². The third-order valence-electron chi connectivity index (χ3n) is 2.09. The lowest BCUT2D eigenvalue weighted by Crippen LogP contribution is -2.12. The van der Waals surface area contributed by atoms with Gasteiger partial charge in [0.25, 0.3) is 5.91 Å². The molecule has 0 unspecified atom stereocenters. The Bertz CT molecular complexity index is 570. The Labute approximate surface area is 116 Å². The van der Waals surface area contributed by atoms with E-state index >= 15 is 0 Å². The van der Waals surface area contributed by atoms with Crippen molar-refractivity contribution < 1.29 is 4.79 Å². The Morgan fingerprint density at radius 1 is 1.47 bits per heavy atom. The summed E-state index contributed by atoms with van der Waals surface area (Å²) in [6.07, 6.45) is 0. The predicted octanol–water partition coefficient (Wildman–Crippen LogP) is 4.12. The van der Waals surface area contributed by atoms with Gasteiger partial charge in [-0.3, -0.25) is 4.79 Å². The van der Waals surface area contributed by atoms with Gasteiger partial charge in [-0.2, -0.15) is 0 Å². The summed E-state index contributed by atoms with van der Waals surface area (Å²) < 4.78 is 0.907. The van der Waals surface area contributed by atoms with Gasteiger partial charge in [-0.1, -0.05) is 11.6 Å². The summed E-state index contributed by atoms with van der Waals surface area (Å²) in [6, 6.07) is 5.27.